The first-order chi connectivity index (χ1) is 37.1. The molecule has 1 aliphatic heterocycles. The van der Waals surface area contributed by atoms with E-state index in [4.69, 9.17) is 9.72 Å². The third kappa shape index (κ3) is 8.62. The number of rotatable bonds is 7. The number of ether oxygens (including phenoxy) is 1. The summed E-state index contributed by atoms with van der Waals surface area (Å²) in [5.74, 6) is 1.15. The van der Waals surface area contributed by atoms with Gasteiger partial charge >= 0.3 is 0 Å². The Morgan fingerprint density at radius 3 is 1.84 bits per heavy atom. The van der Waals surface area contributed by atoms with E-state index in [0.717, 1.165) is 99.4 Å². The molecule has 4 heterocycles. The van der Waals surface area contributed by atoms with Gasteiger partial charge in [0, 0.05) is 51.3 Å². The number of fused-ring (bicyclic) bond motifs is 10. The first kappa shape index (κ1) is 48.5. The molecule has 5 nitrogen and oxygen atoms in total. The van der Waals surface area contributed by atoms with Gasteiger partial charge in [0.2, 0.25) is 0 Å². The molecule has 0 amide bonds. The molecular formula is C71H59N4OPt-3. The number of anilines is 2. The molecule has 9 aromatic carbocycles. The third-order valence-corrected chi connectivity index (χ3v) is 15.3. The molecule has 13 rings (SSSR count). The Kier molecular flexibility index (Phi) is 12.1. The number of pyridine rings is 1. The van der Waals surface area contributed by atoms with Gasteiger partial charge in [-0.05, 0) is 135 Å². The van der Waals surface area contributed by atoms with Crippen molar-refractivity contribution in [2.45, 2.75) is 72.1 Å². The smallest absolute Gasteiger partial charge is 0.135 e. The molecule has 6 heteroatoms. The van der Waals surface area contributed by atoms with Crippen molar-refractivity contribution in [3.8, 4) is 39.6 Å². The van der Waals surface area contributed by atoms with Crippen LogP contribution in [-0.2, 0) is 31.9 Å². The number of hydrogen-bond acceptors (Lipinski definition) is 3. The largest absolute Gasteiger partial charge is 0.509 e. The van der Waals surface area contributed by atoms with Crippen molar-refractivity contribution in [1.82, 2.24) is 14.1 Å². The maximum atomic E-state index is 9.30. The van der Waals surface area contributed by atoms with Crippen molar-refractivity contribution < 1.29 is 27.2 Å². The third-order valence-electron chi connectivity index (χ3n) is 15.3. The monoisotopic (exact) mass is 1180 g/mol. The van der Waals surface area contributed by atoms with Crippen LogP contribution in [0.3, 0.4) is 0 Å². The number of nitrogens with zero attached hydrogens (tertiary/aromatic N) is 4. The van der Waals surface area contributed by atoms with Gasteiger partial charge in [-0.25, -0.2) is 4.98 Å². The average molecular weight is 1180 g/mol. The normalized spacial score (nSPS) is 12.8. The standard InChI is InChI=1S/C71H59N4O.Pt/c1-45(2)47-38-48(40-50(39-47)71(6,7)8)55-29-17-30-60-58-26-14-12-24-56(58)57-25-13-15-27-59(57)61-31-19-33-64-69(61)74(68(55)60)44-73(64)51-22-16-23-52(42-51)76-53-34-35-62-65(43-53)75(66-41-49(36-37-72-66)70(3,4)5)63-32-18-28-54(67(62)63)46-20-10-9-11-21-46;/h9-41,44-45H,1-8H3;/q-3;/i45D;. The predicted octanol–water partition coefficient (Wildman–Crippen LogP) is 19.3. The van der Waals surface area contributed by atoms with Gasteiger partial charge in [-0.3, -0.25) is 0 Å². The molecule has 0 saturated heterocycles. The Morgan fingerprint density at radius 2 is 1.14 bits per heavy atom. The minimum absolute atomic E-state index is 0. The van der Waals surface area contributed by atoms with E-state index < -0.39 is 5.89 Å². The van der Waals surface area contributed by atoms with Gasteiger partial charge in [-0.1, -0.05) is 206 Å². The summed E-state index contributed by atoms with van der Waals surface area (Å²) < 4.78 is 20.8. The van der Waals surface area contributed by atoms with Crippen LogP contribution in [0.1, 0.15) is 79.3 Å². The fraction of sp³-hybridized carbons (Fsp3) is 0.155. The zero-order chi connectivity index (χ0) is 53.0. The molecule has 0 bridgehead atoms. The van der Waals surface area contributed by atoms with Crippen LogP contribution in [0, 0.1) is 18.8 Å². The summed E-state index contributed by atoms with van der Waals surface area (Å²) in [5, 5.41) is 9.08. The van der Waals surface area contributed by atoms with Gasteiger partial charge in [0.15, 0.2) is 0 Å². The number of hydrogen-bond donors (Lipinski definition) is 0. The second kappa shape index (κ2) is 19.2. The molecule has 0 unspecified atom stereocenters. The molecule has 0 fully saturated rings. The van der Waals surface area contributed by atoms with E-state index >= 15 is 0 Å². The van der Waals surface area contributed by atoms with Gasteiger partial charge in [0.1, 0.15) is 5.82 Å². The van der Waals surface area contributed by atoms with Crippen LogP contribution in [0.5, 0.6) is 11.5 Å². The summed E-state index contributed by atoms with van der Waals surface area (Å²) in [5.41, 5.74) is 13.5. The van der Waals surface area contributed by atoms with E-state index in [0.29, 0.717) is 11.5 Å². The Bertz CT molecular complexity index is 4380. The van der Waals surface area contributed by atoms with Crippen molar-refractivity contribution >= 4 is 76.5 Å². The molecule has 0 aliphatic carbocycles. The van der Waals surface area contributed by atoms with Crippen molar-refractivity contribution in [3.63, 3.8) is 0 Å². The summed E-state index contributed by atoms with van der Waals surface area (Å²) in [6, 6.07) is 76.9. The molecule has 382 valence electrons. The van der Waals surface area contributed by atoms with Crippen LogP contribution in [-0.4, -0.2) is 14.1 Å². The molecular weight excluding hydrogens is 1120 g/mol. The van der Waals surface area contributed by atoms with Crippen molar-refractivity contribution in [3.05, 3.63) is 236 Å². The summed E-state index contributed by atoms with van der Waals surface area (Å²) in [7, 11) is 0. The van der Waals surface area contributed by atoms with Crippen LogP contribution < -0.4 is 9.64 Å². The Morgan fingerprint density at radius 1 is 0.532 bits per heavy atom. The van der Waals surface area contributed by atoms with Gasteiger partial charge < -0.3 is 18.8 Å². The molecule has 0 N–H and O–H groups in total. The quantitative estimate of drug-likeness (QED) is 0.149. The van der Waals surface area contributed by atoms with Crippen molar-refractivity contribution in [2.24, 2.45) is 0 Å². The number of para-hydroxylation sites is 2. The van der Waals surface area contributed by atoms with E-state index in [-0.39, 0.29) is 31.9 Å². The predicted molar refractivity (Wildman–Crippen MR) is 319 cm³/mol. The Hall–Kier alpha value is -8.11. The average Bonchev–Trinajstić information content (AvgIpc) is 4.20. The molecule has 1 aliphatic rings. The van der Waals surface area contributed by atoms with Crippen molar-refractivity contribution in [2.75, 3.05) is 4.90 Å². The minimum atomic E-state index is -0.812. The number of aromatic nitrogens is 3. The first-order valence-electron chi connectivity index (χ1n) is 26.9. The first-order valence-corrected chi connectivity index (χ1v) is 26.4. The van der Waals surface area contributed by atoms with Crippen LogP contribution in [0.4, 0.5) is 11.4 Å². The van der Waals surface area contributed by atoms with Crippen LogP contribution >= 0.6 is 0 Å². The van der Waals surface area contributed by atoms with Gasteiger partial charge in [-0.2, -0.15) is 12.1 Å². The molecule has 0 atom stereocenters. The summed E-state index contributed by atoms with van der Waals surface area (Å²) >= 11 is 0. The molecule has 3 aromatic heterocycles. The van der Waals surface area contributed by atoms with E-state index in [2.05, 4.69) is 250 Å². The maximum absolute atomic E-state index is 9.30. The zero-order valence-corrected chi connectivity index (χ0v) is 46.9. The van der Waals surface area contributed by atoms with Crippen LogP contribution in [0.15, 0.2) is 200 Å². The Labute approximate surface area is 467 Å². The number of benzene rings is 9. The Balaban J connectivity index is 0.00000609. The van der Waals surface area contributed by atoms with Crippen molar-refractivity contribution in [1.29, 1.82) is 0 Å². The van der Waals surface area contributed by atoms with E-state index in [1.165, 1.54) is 21.9 Å². The summed E-state index contributed by atoms with van der Waals surface area (Å²) in [6.45, 7) is 19.7. The van der Waals surface area contributed by atoms with Crippen LogP contribution in [0.2, 0.25) is 0 Å². The second-order valence-electron chi connectivity index (χ2n) is 22.5. The summed E-state index contributed by atoms with van der Waals surface area (Å²) in [4.78, 5) is 7.24. The van der Waals surface area contributed by atoms with E-state index in [1.54, 1.807) is 0 Å². The van der Waals surface area contributed by atoms with E-state index in [1.807, 2.05) is 38.2 Å². The molecule has 0 saturated carbocycles. The fourth-order valence-electron chi connectivity index (χ4n) is 11.3. The minimum Gasteiger partial charge on any atom is -0.509 e. The molecule has 0 spiro atoms. The maximum Gasteiger partial charge on any atom is 0.135 e. The summed E-state index contributed by atoms with van der Waals surface area (Å²) in [6.07, 6.45) is 1.91. The molecule has 0 radical (unpaired) electrons. The molecule has 12 aromatic rings. The van der Waals surface area contributed by atoms with Gasteiger partial charge in [-0.15, -0.1) is 35.7 Å². The van der Waals surface area contributed by atoms with Crippen LogP contribution in [0.25, 0.3) is 93.2 Å². The zero-order valence-electron chi connectivity index (χ0n) is 45.6. The van der Waals surface area contributed by atoms with E-state index in [9.17, 15) is 1.37 Å². The fourth-order valence-corrected chi connectivity index (χ4v) is 11.3. The second-order valence-corrected chi connectivity index (χ2v) is 22.5. The van der Waals surface area contributed by atoms with Gasteiger partial charge in [0.05, 0.1) is 0 Å². The SMILES string of the molecule is [2H]C(C)(C)c1cc(-c2cccc3c4ccccc4c4ccccc4c4cccc5c4n(c23)[CH-]N5c2[c-]c(Oc3[c-]c4c(cc3)c3c(-c5ccccc5)cccc3n4-c3cc(C(C)(C)C)ccn3)ccc2)cc(C(C)(C)C)c1.[Pt]. The topological polar surface area (TPSA) is 35.2 Å². The molecule has 77 heavy (non-hydrogen) atoms. The van der Waals surface area contributed by atoms with Gasteiger partial charge in [0.25, 0.3) is 0 Å².